The number of para-hydroxylation sites is 1. The summed E-state index contributed by atoms with van der Waals surface area (Å²) in [4.78, 5) is 25.3. The molecule has 0 unspecified atom stereocenters. The van der Waals surface area contributed by atoms with Gasteiger partial charge in [0.25, 0.3) is 11.8 Å². The second kappa shape index (κ2) is 9.87. The normalized spacial score (nSPS) is 14.5. The summed E-state index contributed by atoms with van der Waals surface area (Å²) in [5, 5.41) is 2.12. The Bertz CT molecular complexity index is 1260. The molecule has 0 saturated carbocycles. The van der Waals surface area contributed by atoms with E-state index in [2.05, 4.69) is 21.4 Å². The van der Waals surface area contributed by atoms with Crippen LogP contribution < -0.4 is 19.9 Å². The number of nitrogens with one attached hydrogen (secondary N) is 1. The standard InChI is InChI=1S/C24H17BrCl2N2O4/c1-32-21-12-15(9-17-23(30)28-29(24(17)31)16-5-3-2-4-6-16)10-18(25)22(21)33-13-14-7-8-19(26)20(27)11-14/h2-12H,13H2,1H3,(H,28,30)/b17-9-. The third-order valence-corrected chi connectivity index (χ3v) is 6.16. The summed E-state index contributed by atoms with van der Waals surface area (Å²) in [5.41, 5.74) is 4.59. The van der Waals surface area contributed by atoms with Crippen LogP contribution in [-0.4, -0.2) is 18.9 Å². The summed E-state index contributed by atoms with van der Waals surface area (Å²) in [5.74, 6) is -0.0268. The molecule has 0 radical (unpaired) electrons. The van der Waals surface area contributed by atoms with E-state index in [4.69, 9.17) is 32.7 Å². The van der Waals surface area contributed by atoms with E-state index in [1.807, 2.05) is 12.1 Å². The fourth-order valence-electron chi connectivity index (χ4n) is 3.23. The number of anilines is 1. The monoisotopic (exact) mass is 546 g/mol. The number of hydrogen-bond donors (Lipinski definition) is 1. The average Bonchev–Trinajstić information content (AvgIpc) is 3.09. The highest BCUT2D eigenvalue weighted by Crippen LogP contribution is 2.38. The van der Waals surface area contributed by atoms with Gasteiger partial charge in [0, 0.05) is 0 Å². The fraction of sp³-hybridized carbons (Fsp3) is 0.0833. The van der Waals surface area contributed by atoms with Crippen LogP contribution in [0, 0.1) is 0 Å². The smallest absolute Gasteiger partial charge is 0.282 e. The minimum atomic E-state index is -0.487. The Hall–Kier alpha value is -3.00. The molecule has 3 aromatic rings. The van der Waals surface area contributed by atoms with Crippen molar-refractivity contribution in [2.75, 3.05) is 12.1 Å². The van der Waals surface area contributed by atoms with Crippen LogP contribution >= 0.6 is 39.1 Å². The number of carbonyl (C=O) groups is 2. The number of halogens is 3. The maximum atomic E-state index is 12.8. The summed E-state index contributed by atoms with van der Waals surface area (Å²) in [7, 11) is 1.51. The highest BCUT2D eigenvalue weighted by molar-refractivity contribution is 9.10. The largest absolute Gasteiger partial charge is 0.493 e. The third kappa shape index (κ3) is 5.00. The summed E-state index contributed by atoms with van der Waals surface area (Å²) in [6.07, 6.45) is 1.51. The Kier molecular flexibility index (Phi) is 6.93. The highest BCUT2D eigenvalue weighted by Gasteiger charge is 2.34. The summed E-state index contributed by atoms with van der Waals surface area (Å²) >= 11 is 15.5. The first kappa shape index (κ1) is 23.2. The van der Waals surface area contributed by atoms with Crippen LogP contribution in [0.4, 0.5) is 5.69 Å². The van der Waals surface area contributed by atoms with Crippen molar-refractivity contribution in [3.8, 4) is 11.5 Å². The Morgan fingerprint density at radius 3 is 2.48 bits per heavy atom. The van der Waals surface area contributed by atoms with Gasteiger partial charge in [-0.1, -0.05) is 47.5 Å². The van der Waals surface area contributed by atoms with E-state index in [1.165, 1.54) is 18.2 Å². The molecular formula is C24H17BrCl2N2O4. The molecule has 2 amide bonds. The van der Waals surface area contributed by atoms with Crippen molar-refractivity contribution in [2.45, 2.75) is 6.61 Å². The number of amides is 2. The van der Waals surface area contributed by atoms with E-state index in [1.54, 1.807) is 48.5 Å². The predicted molar refractivity (Wildman–Crippen MR) is 132 cm³/mol. The van der Waals surface area contributed by atoms with Crippen molar-refractivity contribution in [1.29, 1.82) is 0 Å². The molecule has 0 aliphatic carbocycles. The summed E-state index contributed by atoms with van der Waals surface area (Å²) in [6, 6.07) is 17.6. The SMILES string of the molecule is COc1cc(/C=C2/C(=O)NN(c3ccccc3)C2=O)cc(Br)c1OCc1ccc(Cl)c(Cl)c1. The number of ether oxygens (including phenoxy) is 2. The van der Waals surface area contributed by atoms with Gasteiger partial charge in [0.15, 0.2) is 11.5 Å². The molecule has 0 aromatic heterocycles. The van der Waals surface area contributed by atoms with Gasteiger partial charge in [-0.2, -0.15) is 0 Å². The van der Waals surface area contributed by atoms with Gasteiger partial charge in [-0.25, -0.2) is 5.01 Å². The predicted octanol–water partition coefficient (Wildman–Crippen LogP) is 5.80. The minimum Gasteiger partial charge on any atom is -0.493 e. The van der Waals surface area contributed by atoms with E-state index in [9.17, 15) is 9.59 Å². The van der Waals surface area contributed by atoms with E-state index < -0.39 is 11.8 Å². The van der Waals surface area contributed by atoms with Crippen molar-refractivity contribution < 1.29 is 19.1 Å². The number of nitrogens with zero attached hydrogens (tertiary/aromatic N) is 1. The van der Waals surface area contributed by atoms with E-state index in [0.717, 1.165) is 5.56 Å². The first-order valence-corrected chi connectivity index (χ1v) is 11.3. The molecule has 1 N–H and O–H groups in total. The lowest BCUT2D eigenvalue weighted by atomic mass is 10.1. The van der Waals surface area contributed by atoms with Crippen molar-refractivity contribution in [3.05, 3.63) is 91.9 Å². The molecule has 1 aliphatic heterocycles. The third-order valence-electron chi connectivity index (χ3n) is 4.84. The van der Waals surface area contributed by atoms with Crippen LogP contribution in [0.15, 0.2) is 70.7 Å². The van der Waals surface area contributed by atoms with E-state index in [0.29, 0.717) is 37.3 Å². The minimum absolute atomic E-state index is 0.0114. The molecule has 9 heteroatoms. The maximum Gasteiger partial charge on any atom is 0.282 e. The highest BCUT2D eigenvalue weighted by atomic mass is 79.9. The van der Waals surface area contributed by atoms with Gasteiger partial charge < -0.3 is 9.47 Å². The number of hydrazine groups is 1. The van der Waals surface area contributed by atoms with Crippen molar-refractivity contribution >= 4 is 62.7 Å². The van der Waals surface area contributed by atoms with Crippen LogP contribution in [-0.2, 0) is 16.2 Å². The number of methoxy groups -OCH3 is 1. The van der Waals surface area contributed by atoms with Crippen molar-refractivity contribution in [2.24, 2.45) is 0 Å². The zero-order valence-electron chi connectivity index (χ0n) is 17.3. The van der Waals surface area contributed by atoms with Crippen LogP contribution in [0.2, 0.25) is 10.0 Å². The van der Waals surface area contributed by atoms with Crippen LogP contribution in [0.3, 0.4) is 0 Å². The molecule has 4 rings (SSSR count). The topological polar surface area (TPSA) is 67.9 Å². The second-order valence-corrected chi connectivity index (χ2v) is 8.72. The molecule has 3 aromatic carbocycles. The summed E-state index contributed by atoms with van der Waals surface area (Å²) < 4.78 is 12.0. The Labute approximate surface area is 208 Å². The zero-order valence-corrected chi connectivity index (χ0v) is 20.4. The number of hydrogen-bond acceptors (Lipinski definition) is 4. The molecule has 168 valence electrons. The first-order chi connectivity index (χ1) is 15.9. The number of carbonyl (C=O) groups excluding carboxylic acids is 2. The molecule has 0 spiro atoms. The van der Waals surface area contributed by atoms with Crippen molar-refractivity contribution in [3.63, 3.8) is 0 Å². The summed E-state index contributed by atoms with van der Waals surface area (Å²) in [6.45, 7) is 0.235. The van der Waals surface area contributed by atoms with Crippen LogP contribution in [0.5, 0.6) is 11.5 Å². The lowest BCUT2D eigenvalue weighted by Gasteiger charge is -2.14. The molecule has 1 fully saturated rings. The number of benzene rings is 3. The maximum absolute atomic E-state index is 12.8. The first-order valence-electron chi connectivity index (χ1n) is 9.74. The van der Waals surface area contributed by atoms with E-state index >= 15 is 0 Å². The van der Waals surface area contributed by atoms with Gasteiger partial charge in [-0.05, 0) is 69.5 Å². The fourth-order valence-corrected chi connectivity index (χ4v) is 4.13. The molecule has 0 bridgehead atoms. The lowest BCUT2D eigenvalue weighted by Crippen LogP contribution is -2.35. The molecule has 1 saturated heterocycles. The Morgan fingerprint density at radius 1 is 1.03 bits per heavy atom. The molecule has 6 nitrogen and oxygen atoms in total. The Balaban J connectivity index is 1.58. The Morgan fingerprint density at radius 2 is 1.79 bits per heavy atom. The molecule has 0 atom stereocenters. The van der Waals surface area contributed by atoms with Gasteiger partial charge in [-0.15, -0.1) is 0 Å². The van der Waals surface area contributed by atoms with E-state index in [-0.39, 0.29) is 12.2 Å². The van der Waals surface area contributed by atoms with Gasteiger partial charge >= 0.3 is 0 Å². The molecular weight excluding hydrogens is 531 g/mol. The molecule has 33 heavy (non-hydrogen) atoms. The van der Waals surface area contributed by atoms with Gasteiger partial charge in [0.05, 0.1) is 27.3 Å². The quantitative estimate of drug-likeness (QED) is 0.312. The van der Waals surface area contributed by atoms with Crippen LogP contribution in [0.1, 0.15) is 11.1 Å². The molecule has 1 aliphatic rings. The van der Waals surface area contributed by atoms with Gasteiger partial charge in [0.1, 0.15) is 12.2 Å². The van der Waals surface area contributed by atoms with Crippen molar-refractivity contribution in [1.82, 2.24) is 5.43 Å². The van der Waals surface area contributed by atoms with Gasteiger partial charge in [0.2, 0.25) is 0 Å². The average molecular weight is 548 g/mol. The lowest BCUT2D eigenvalue weighted by molar-refractivity contribution is -0.117. The second-order valence-electron chi connectivity index (χ2n) is 7.05. The van der Waals surface area contributed by atoms with Gasteiger partial charge in [-0.3, -0.25) is 15.0 Å². The van der Waals surface area contributed by atoms with Crippen LogP contribution in [0.25, 0.3) is 6.08 Å². The molecule has 1 heterocycles. The number of rotatable bonds is 6. The zero-order chi connectivity index (χ0) is 23.5.